The number of hydrogen-bond donors (Lipinski definition) is 1. The molecule has 2 amide bonds. The first-order valence-electron chi connectivity index (χ1n) is 10.6. The van der Waals surface area contributed by atoms with Crippen molar-refractivity contribution >= 4 is 40.9 Å². The minimum atomic E-state index is -0.622. The third-order valence-electron chi connectivity index (χ3n) is 4.92. The molecule has 0 saturated carbocycles. The van der Waals surface area contributed by atoms with Crippen molar-refractivity contribution < 1.29 is 23.5 Å². The molecule has 172 valence electrons. The van der Waals surface area contributed by atoms with Gasteiger partial charge in [-0.2, -0.15) is 0 Å². The number of benzene rings is 3. The molecule has 34 heavy (non-hydrogen) atoms. The molecule has 1 N–H and O–H groups in total. The molecule has 0 atom stereocenters. The summed E-state index contributed by atoms with van der Waals surface area (Å²) in [5, 5.41) is 2.97. The summed E-state index contributed by atoms with van der Waals surface area (Å²) in [7, 11) is 0. The van der Waals surface area contributed by atoms with E-state index in [9.17, 15) is 18.8 Å². The van der Waals surface area contributed by atoms with Gasteiger partial charge in [0.05, 0.1) is 17.9 Å². The van der Waals surface area contributed by atoms with Crippen molar-refractivity contribution in [3.05, 3.63) is 101 Å². The number of thioether (sulfide) groups is 1. The van der Waals surface area contributed by atoms with Gasteiger partial charge in [0.2, 0.25) is 0 Å². The van der Waals surface area contributed by atoms with Crippen LogP contribution in [0.15, 0.2) is 94.4 Å². The highest BCUT2D eigenvalue weighted by molar-refractivity contribution is 8.04. The summed E-state index contributed by atoms with van der Waals surface area (Å²) in [5.41, 5.74) is 0.744. The molecule has 0 spiro atoms. The molecule has 6 nitrogen and oxygen atoms in total. The van der Waals surface area contributed by atoms with Crippen molar-refractivity contribution in [2.75, 3.05) is 16.8 Å². The summed E-state index contributed by atoms with van der Waals surface area (Å²) in [4.78, 5) is 41.6. The number of esters is 1. The Labute approximate surface area is 200 Å². The smallest absolute Gasteiger partial charge is 0.340 e. The number of anilines is 2. The largest absolute Gasteiger partial charge is 0.462 e. The third kappa shape index (κ3) is 4.87. The highest BCUT2D eigenvalue weighted by Crippen LogP contribution is 2.38. The molecule has 4 rings (SSSR count). The number of carbonyl (C=O) groups excluding carboxylic acids is 3. The highest BCUT2D eigenvalue weighted by atomic mass is 32.2. The number of nitrogens with one attached hydrogen (secondary N) is 1. The molecule has 8 heteroatoms. The first-order valence-corrected chi connectivity index (χ1v) is 11.5. The Morgan fingerprint density at radius 1 is 0.941 bits per heavy atom. The molecule has 0 unspecified atom stereocenters. The Morgan fingerprint density at radius 3 is 2.32 bits per heavy atom. The van der Waals surface area contributed by atoms with Crippen molar-refractivity contribution in [2.45, 2.75) is 18.2 Å². The standard InChI is InChI=1S/C26H21FN2O4S/c1-2-16-33-26(32)20-10-6-7-11-21(20)29-24(30)22(28-18-14-12-17(27)13-15-18)23(25(29)31)34-19-8-4-3-5-9-19/h3-15,28H,2,16H2,1H3. The van der Waals surface area contributed by atoms with Gasteiger partial charge in [0.25, 0.3) is 11.8 Å². The highest BCUT2D eigenvalue weighted by Gasteiger charge is 2.41. The average Bonchev–Trinajstić information content (AvgIpc) is 3.08. The Hall–Kier alpha value is -3.91. The summed E-state index contributed by atoms with van der Waals surface area (Å²) in [6.07, 6.45) is 0.640. The van der Waals surface area contributed by atoms with Gasteiger partial charge in [0.1, 0.15) is 16.4 Å². The van der Waals surface area contributed by atoms with E-state index in [1.807, 2.05) is 37.3 Å². The molecule has 0 fully saturated rings. The maximum absolute atomic E-state index is 13.5. The van der Waals surface area contributed by atoms with E-state index in [0.29, 0.717) is 12.1 Å². The van der Waals surface area contributed by atoms with Crippen LogP contribution in [0.1, 0.15) is 23.7 Å². The van der Waals surface area contributed by atoms with Gasteiger partial charge in [-0.15, -0.1) is 0 Å². The number of imide groups is 1. The van der Waals surface area contributed by atoms with Crippen LogP contribution in [-0.4, -0.2) is 24.4 Å². The van der Waals surface area contributed by atoms with E-state index in [-0.39, 0.29) is 28.5 Å². The fourth-order valence-corrected chi connectivity index (χ4v) is 4.28. The first kappa shape index (κ1) is 23.3. The predicted molar refractivity (Wildman–Crippen MR) is 129 cm³/mol. The second-order valence-corrected chi connectivity index (χ2v) is 8.43. The number of ether oxygens (including phenoxy) is 1. The maximum atomic E-state index is 13.5. The lowest BCUT2D eigenvalue weighted by Crippen LogP contribution is -2.33. The summed E-state index contributed by atoms with van der Waals surface area (Å²) < 4.78 is 18.6. The van der Waals surface area contributed by atoms with Crippen LogP contribution in [0.2, 0.25) is 0 Å². The normalized spacial score (nSPS) is 13.4. The van der Waals surface area contributed by atoms with E-state index in [1.54, 1.807) is 12.1 Å². The zero-order chi connectivity index (χ0) is 24.1. The Balaban J connectivity index is 1.74. The van der Waals surface area contributed by atoms with Crippen molar-refractivity contribution in [2.24, 2.45) is 0 Å². The second-order valence-electron chi connectivity index (χ2n) is 7.35. The monoisotopic (exact) mass is 476 g/mol. The minimum absolute atomic E-state index is 0.0437. The average molecular weight is 477 g/mol. The fourth-order valence-electron chi connectivity index (χ4n) is 3.33. The topological polar surface area (TPSA) is 75.7 Å². The summed E-state index contributed by atoms with van der Waals surface area (Å²) in [6.45, 7) is 2.09. The fraction of sp³-hybridized carbons (Fsp3) is 0.115. The van der Waals surface area contributed by atoms with E-state index in [2.05, 4.69) is 5.32 Å². The van der Waals surface area contributed by atoms with Crippen LogP contribution in [0.25, 0.3) is 0 Å². The van der Waals surface area contributed by atoms with Gasteiger partial charge in [-0.3, -0.25) is 9.59 Å². The van der Waals surface area contributed by atoms with E-state index in [1.165, 1.54) is 36.4 Å². The minimum Gasteiger partial charge on any atom is -0.462 e. The Kier molecular flexibility index (Phi) is 7.08. The first-order chi connectivity index (χ1) is 16.5. The van der Waals surface area contributed by atoms with E-state index in [4.69, 9.17) is 4.74 Å². The van der Waals surface area contributed by atoms with Crippen LogP contribution in [0.5, 0.6) is 0 Å². The van der Waals surface area contributed by atoms with Crippen LogP contribution in [0.4, 0.5) is 15.8 Å². The van der Waals surface area contributed by atoms with E-state index < -0.39 is 23.6 Å². The van der Waals surface area contributed by atoms with Gasteiger partial charge in [-0.25, -0.2) is 14.1 Å². The Morgan fingerprint density at radius 2 is 1.62 bits per heavy atom. The van der Waals surface area contributed by atoms with Gasteiger partial charge in [-0.05, 0) is 55.0 Å². The van der Waals surface area contributed by atoms with Gasteiger partial charge in [0.15, 0.2) is 0 Å². The van der Waals surface area contributed by atoms with E-state index in [0.717, 1.165) is 21.6 Å². The number of para-hydroxylation sites is 1. The Bertz CT molecular complexity index is 1260. The van der Waals surface area contributed by atoms with Gasteiger partial charge in [0, 0.05) is 10.6 Å². The zero-order valence-corrected chi connectivity index (χ0v) is 19.1. The van der Waals surface area contributed by atoms with Crippen LogP contribution in [0, 0.1) is 5.82 Å². The van der Waals surface area contributed by atoms with Gasteiger partial charge in [-0.1, -0.05) is 49.0 Å². The summed E-state index contributed by atoms with van der Waals surface area (Å²) in [6, 6.07) is 20.9. The van der Waals surface area contributed by atoms with Crippen LogP contribution >= 0.6 is 11.8 Å². The maximum Gasteiger partial charge on any atom is 0.340 e. The lowest BCUT2D eigenvalue weighted by molar-refractivity contribution is -0.120. The SMILES string of the molecule is CCCOC(=O)c1ccccc1N1C(=O)C(Nc2ccc(F)cc2)=C(Sc2ccccc2)C1=O. The molecule has 0 aliphatic carbocycles. The molecule has 1 aliphatic heterocycles. The molecule has 3 aromatic rings. The zero-order valence-electron chi connectivity index (χ0n) is 18.3. The van der Waals surface area contributed by atoms with Gasteiger partial charge < -0.3 is 10.1 Å². The van der Waals surface area contributed by atoms with Crippen molar-refractivity contribution in [1.82, 2.24) is 0 Å². The number of halogens is 1. The molecule has 0 bridgehead atoms. The number of rotatable bonds is 8. The van der Waals surface area contributed by atoms with Crippen molar-refractivity contribution in [3.63, 3.8) is 0 Å². The molecular formula is C26H21FN2O4S. The molecular weight excluding hydrogens is 455 g/mol. The molecule has 0 radical (unpaired) electrons. The van der Waals surface area contributed by atoms with Crippen molar-refractivity contribution in [1.29, 1.82) is 0 Å². The van der Waals surface area contributed by atoms with Crippen LogP contribution in [0.3, 0.4) is 0 Å². The lowest BCUT2D eigenvalue weighted by atomic mass is 10.1. The second kappa shape index (κ2) is 10.4. The molecule has 1 aliphatic rings. The molecule has 0 aromatic heterocycles. The van der Waals surface area contributed by atoms with E-state index >= 15 is 0 Å². The number of hydrogen-bond acceptors (Lipinski definition) is 6. The predicted octanol–water partition coefficient (Wildman–Crippen LogP) is 5.38. The quantitative estimate of drug-likeness (QED) is 0.347. The third-order valence-corrected chi connectivity index (χ3v) is 6.01. The lowest BCUT2D eigenvalue weighted by Gasteiger charge is -2.18. The summed E-state index contributed by atoms with van der Waals surface area (Å²) >= 11 is 1.13. The molecule has 1 heterocycles. The van der Waals surface area contributed by atoms with Crippen LogP contribution in [-0.2, 0) is 14.3 Å². The van der Waals surface area contributed by atoms with Crippen molar-refractivity contribution in [3.8, 4) is 0 Å². The number of nitrogens with zero attached hydrogens (tertiary/aromatic N) is 1. The number of amides is 2. The molecule has 3 aromatic carbocycles. The number of carbonyl (C=O) groups is 3. The summed E-state index contributed by atoms with van der Waals surface area (Å²) in [5.74, 6) is -2.23. The van der Waals surface area contributed by atoms with Gasteiger partial charge >= 0.3 is 5.97 Å². The molecule has 0 saturated heterocycles. The van der Waals surface area contributed by atoms with Crippen LogP contribution < -0.4 is 10.2 Å².